The fourth-order valence-electron chi connectivity index (χ4n) is 3.01. The highest BCUT2D eigenvalue weighted by atomic mass is 16.6. The largest absolute Gasteiger partial charge is 0.378 e. The number of likely N-dealkylation sites (N-methyl/N-ethyl adjacent to an activating group) is 2. The van der Waals surface area contributed by atoms with E-state index in [9.17, 15) is 10.1 Å². The first kappa shape index (κ1) is 16.7. The Morgan fingerprint density at radius 2 is 1.42 bits per heavy atom. The summed E-state index contributed by atoms with van der Waals surface area (Å²) in [6.45, 7) is 6.45. The van der Waals surface area contributed by atoms with Crippen molar-refractivity contribution < 1.29 is 4.92 Å². The van der Waals surface area contributed by atoms with Gasteiger partial charge in [-0.25, -0.2) is 0 Å². The SMILES string of the molecule is CN1CCN(c2nc(N)c([N+](=O)[O-])c(N3CCN(C)CC3)n2)CC1. The van der Waals surface area contributed by atoms with Gasteiger partial charge >= 0.3 is 5.69 Å². The molecule has 2 aliphatic heterocycles. The van der Waals surface area contributed by atoms with Crippen LogP contribution in [0.1, 0.15) is 0 Å². The second kappa shape index (κ2) is 6.73. The first-order valence-corrected chi connectivity index (χ1v) is 8.14. The molecular weight excluding hydrogens is 312 g/mol. The fourth-order valence-corrected chi connectivity index (χ4v) is 3.01. The highest BCUT2D eigenvalue weighted by Gasteiger charge is 2.30. The van der Waals surface area contributed by atoms with Gasteiger partial charge in [-0.2, -0.15) is 9.97 Å². The topological polar surface area (TPSA) is 108 Å². The van der Waals surface area contributed by atoms with Crippen LogP contribution in [0.3, 0.4) is 0 Å². The molecule has 0 radical (unpaired) electrons. The van der Waals surface area contributed by atoms with E-state index in [4.69, 9.17) is 5.73 Å². The number of nitrogens with zero attached hydrogens (tertiary/aromatic N) is 7. The van der Waals surface area contributed by atoms with Crippen LogP contribution in [0.5, 0.6) is 0 Å². The molecule has 3 rings (SSSR count). The summed E-state index contributed by atoms with van der Waals surface area (Å²) in [6.07, 6.45) is 0. The molecule has 132 valence electrons. The van der Waals surface area contributed by atoms with E-state index in [0.717, 1.165) is 39.3 Å². The van der Waals surface area contributed by atoms with E-state index in [1.165, 1.54) is 0 Å². The van der Waals surface area contributed by atoms with Gasteiger partial charge in [0.2, 0.25) is 17.6 Å². The Hall–Kier alpha value is -2.20. The molecule has 0 amide bonds. The van der Waals surface area contributed by atoms with E-state index in [2.05, 4.69) is 26.8 Å². The molecule has 0 saturated carbocycles. The van der Waals surface area contributed by atoms with Crippen molar-refractivity contribution in [2.45, 2.75) is 0 Å². The van der Waals surface area contributed by atoms with E-state index in [-0.39, 0.29) is 11.5 Å². The highest BCUT2D eigenvalue weighted by Crippen LogP contribution is 2.33. The van der Waals surface area contributed by atoms with Gasteiger partial charge in [-0.05, 0) is 14.1 Å². The van der Waals surface area contributed by atoms with Crippen LogP contribution in [0, 0.1) is 10.1 Å². The molecule has 2 aliphatic rings. The van der Waals surface area contributed by atoms with Crippen molar-refractivity contribution in [3.8, 4) is 0 Å². The first-order chi connectivity index (χ1) is 11.5. The lowest BCUT2D eigenvalue weighted by atomic mass is 10.3. The molecular formula is C14H24N8O2. The van der Waals surface area contributed by atoms with Gasteiger partial charge in [-0.1, -0.05) is 0 Å². The molecule has 1 aromatic heterocycles. The summed E-state index contributed by atoms with van der Waals surface area (Å²) in [5, 5.41) is 11.5. The standard InChI is InChI=1S/C14H24N8O2/c1-18-3-7-20(8-4-18)13-11(22(23)24)12(15)16-14(17-13)21-9-5-19(2)6-10-21/h3-10H2,1-2H3,(H2,15,16,17). The first-order valence-electron chi connectivity index (χ1n) is 8.14. The monoisotopic (exact) mass is 336 g/mol. The Bertz CT molecular complexity index is 609. The molecule has 0 spiro atoms. The Morgan fingerprint density at radius 1 is 0.917 bits per heavy atom. The van der Waals surface area contributed by atoms with Gasteiger partial charge < -0.3 is 25.3 Å². The molecule has 0 aromatic carbocycles. The normalized spacial score (nSPS) is 20.4. The van der Waals surface area contributed by atoms with Crippen molar-refractivity contribution >= 4 is 23.3 Å². The third-order valence-electron chi connectivity index (χ3n) is 4.65. The molecule has 0 aliphatic carbocycles. The summed E-state index contributed by atoms with van der Waals surface area (Å²) in [4.78, 5) is 28.1. The average Bonchev–Trinajstić information content (AvgIpc) is 2.55. The third-order valence-corrected chi connectivity index (χ3v) is 4.65. The molecule has 0 atom stereocenters. The van der Waals surface area contributed by atoms with Crippen molar-refractivity contribution in [2.24, 2.45) is 0 Å². The van der Waals surface area contributed by atoms with Gasteiger partial charge in [-0.15, -0.1) is 0 Å². The number of hydrogen-bond donors (Lipinski definition) is 1. The minimum Gasteiger partial charge on any atom is -0.378 e. The van der Waals surface area contributed by atoms with Crippen LogP contribution in [0.15, 0.2) is 0 Å². The van der Waals surface area contributed by atoms with Crippen molar-refractivity contribution in [3.63, 3.8) is 0 Å². The lowest BCUT2D eigenvalue weighted by Crippen LogP contribution is -2.46. The average molecular weight is 336 g/mol. The number of nitrogens with two attached hydrogens (primary N) is 1. The zero-order valence-corrected chi connectivity index (χ0v) is 14.2. The smallest absolute Gasteiger partial charge is 0.353 e. The van der Waals surface area contributed by atoms with Gasteiger partial charge in [-0.3, -0.25) is 10.1 Å². The molecule has 0 bridgehead atoms. The zero-order chi connectivity index (χ0) is 17.3. The number of nitrogen functional groups attached to an aromatic ring is 1. The molecule has 1 aromatic rings. The molecule has 0 unspecified atom stereocenters. The maximum atomic E-state index is 11.5. The Labute approximate surface area is 141 Å². The van der Waals surface area contributed by atoms with Crippen LogP contribution in [0.4, 0.5) is 23.3 Å². The summed E-state index contributed by atoms with van der Waals surface area (Å²) in [7, 11) is 4.10. The van der Waals surface area contributed by atoms with Gasteiger partial charge in [0.25, 0.3) is 0 Å². The van der Waals surface area contributed by atoms with Crippen LogP contribution >= 0.6 is 0 Å². The van der Waals surface area contributed by atoms with Gasteiger partial charge in [0, 0.05) is 52.4 Å². The summed E-state index contributed by atoms with van der Waals surface area (Å²) in [6, 6.07) is 0. The molecule has 10 nitrogen and oxygen atoms in total. The maximum Gasteiger partial charge on any atom is 0.353 e. The number of hydrogen-bond acceptors (Lipinski definition) is 9. The minimum absolute atomic E-state index is 0.0575. The minimum atomic E-state index is -0.475. The van der Waals surface area contributed by atoms with Crippen molar-refractivity contribution in [2.75, 3.05) is 82.0 Å². The van der Waals surface area contributed by atoms with Gasteiger partial charge in [0.05, 0.1) is 4.92 Å². The number of rotatable bonds is 3. The van der Waals surface area contributed by atoms with Gasteiger partial charge in [0.15, 0.2) is 0 Å². The van der Waals surface area contributed by atoms with Crippen LogP contribution in [0.25, 0.3) is 0 Å². The molecule has 2 saturated heterocycles. The number of piperazine rings is 2. The maximum absolute atomic E-state index is 11.5. The Kier molecular flexibility index (Phi) is 4.67. The van der Waals surface area contributed by atoms with E-state index in [1.807, 2.05) is 16.8 Å². The molecule has 10 heteroatoms. The van der Waals surface area contributed by atoms with E-state index < -0.39 is 4.92 Å². The number of aromatic nitrogens is 2. The van der Waals surface area contributed by atoms with Crippen molar-refractivity contribution in [1.82, 2.24) is 19.8 Å². The second-order valence-electron chi connectivity index (χ2n) is 6.42. The van der Waals surface area contributed by atoms with E-state index >= 15 is 0 Å². The molecule has 2 N–H and O–H groups in total. The predicted molar refractivity (Wildman–Crippen MR) is 92.5 cm³/mol. The number of nitro groups is 1. The van der Waals surface area contributed by atoms with Gasteiger partial charge in [0.1, 0.15) is 0 Å². The zero-order valence-electron chi connectivity index (χ0n) is 14.2. The third kappa shape index (κ3) is 3.34. The summed E-state index contributed by atoms with van der Waals surface area (Å²) >= 11 is 0. The summed E-state index contributed by atoms with van der Waals surface area (Å²) < 4.78 is 0. The number of anilines is 3. The van der Waals surface area contributed by atoms with Crippen molar-refractivity contribution in [3.05, 3.63) is 10.1 Å². The van der Waals surface area contributed by atoms with E-state index in [0.29, 0.717) is 24.9 Å². The lowest BCUT2D eigenvalue weighted by Gasteiger charge is -2.35. The molecule has 3 heterocycles. The van der Waals surface area contributed by atoms with Crippen LogP contribution in [0.2, 0.25) is 0 Å². The summed E-state index contributed by atoms with van der Waals surface area (Å²) in [5.74, 6) is 0.771. The van der Waals surface area contributed by atoms with Crippen molar-refractivity contribution in [1.29, 1.82) is 0 Å². The Balaban J connectivity index is 1.93. The quantitative estimate of drug-likeness (QED) is 0.575. The summed E-state index contributed by atoms with van der Waals surface area (Å²) in [5.41, 5.74) is 5.74. The predicted octanol–water partition coefficient (Wildman–Crippen LogP) is -0.529. The van der Waals surface area contributed by atoms with Crippen LogP contribution < -0.4 is 15.5 Å². The second-order valence-corrected chi connectivity index (χ2v) is 6.42. The Morgan fingerprint density at radius 3 is 1.92 bits per heavy atom. The highest BCUT2D eigenvalue weighted by molar-refractivity contribution is 5.71. The fraction of sp³-hybridized carbons (Fsp3) is 0.714. The van der Waals surface area contributed by atoms with Crippen LogP contribution in [-0.4, -0.2) is 91.1 Å². The molecule has 24 heavy (non-hydrogen) atoms. The molecule has 2 fully saturated rings. The van der Waals surface area contributed by atoms with Crippen LogP contribution in [-0.2, 0) is 0 Å². The lowest BCUT2D eigenvalue weighted by molar-refractivity contribution is -0.383. The van der Waals surface area contributed by atoms with E-state index in [1.54, 1.807) is 0 Å².